The first-order chi connectivity index (χ1) is 15.8. The molecular formula is C27H26N2O4. The minimum Gasteiger partial charge on any atom is -0.497 e. The predicted octanol–water partition coefficient (Wildman–Crippen LogP) is 5.03. The fourth-order valence-corrected chi connectivity index (χ4v) is 3.79. The number of rotatable bonds is 6. The van der Waals surface area contributed by atoms with Crippen LogP contribution in [-0.4, -0.2) is 26.0 Å². The zero-order valence-corrected chi connectivity index (χ0v) is 19.4. The molecule has 4 rings (SSSR count). The van der Waals surface area contributed by atoms with E-state index in [1.54, 1.807) is 18.2 Å². The molecule has 0 aromatic heterocycles. The number of carbonyl (C=O) groups excluding carboxylic acids is 2. The van der Waals surface area contributed by atoms with Crippen LogP contribution in [0, 0.1) is 20.8 Å². The molecule has 0 saturated heterocycles. The molecule has 6 heteroatoms. The van der Waals surface area contributed by atoms with Gasteiger partial charge in [-0.2, -0.15) is 0 Å². The molecule has 1 heterocycles. The van der Waals surface area contributed by atoms with Crippen molar-refractivity contribution in [1.82, 2.24) is 0 Å². The lowest BCUT2D eigenvalue weighted by atomic mass is 10.0. The maximum Gasteiger partial charge on any atom is 0.282 e. The third-order valence-electron chi connectivity index (χ3n) is 5.83. The molecular weight excluding hydrogens is 416 g/mol. The Kier molecular flexibility index (Phi) is 5.92. The number of nitrogens with zero attached hydrogens (tertiary/aromatic N) is 1. The van der Waals surface area contributed by atoms with Crippen LogP contribution in [0.15, 0.2) is 66.4 Å². The number of anilines is 2. The van der Waals surface area contributed by atoms with E-state index >= 15 is 0 Å². The summed E-state index contributed by atoms with van der Waals surface area (Å²) in [5, 5.41) is 3.21. The maximum atomic E-state index is 13.7. The van der Waals surface area contributed by atoms with Crippen LogP contribution in [-0.2, 0) is 9.59 Å². The van der Waals surface area contributed by atoms with E-state index in [1.165, 1.54) is 14.2 Å². The van der Waals surface area contributed by atoms with Crippen LogP contribution in [0.1, 0.15) is 22.3 Å². The second-order valence-electron chi connectivity index (χ2n) is 8.02. The number of hydrogen-bond acceptors (Lipinski definition) is 5. The molecule has 0 spiro atoms. The second-order valence-corrected chi connectivity index (χ2v) is 8.02. The summed E-state index contributed by atoms with van der Waals surface area (Å²) >= 11 is 0. The van der Waals surface area contributed by atoms with E-state index in [1.807, 2.05) is 63.2 Å². The first-order valence-corrected chi connectivity index (χ1v) is 10.6. The number of carbonyl (C=O) groups is 2. The van der Waals surface area contributed by atoms with Crippen molar-refractivity contribution in [2.24, 2.45) is 0 Å². The Morgan fingerprint density at radius 2 is 1.48 bits per heavy atom. The molecule has 168 valence electrons. The second kappa shape index (κ2) is 8.82. The van der Waals surface area contributed by atoms with Gasteiger partial charge in [-0.05, 0) is 61.7 Å². The van der Waals surface area contributed by atoms with Gasteiger partial charge >= 0.3 is 0 Å². The number of aryl methyl sites for hydroxylation is 3. The molecule has 1 aliphatic heterocycles. The third kappa shape index (κ3) is 4.07. The van der Waals surface area contributed by atoms with Crippen LogP contribution in [0.2, 0.25) is 0 Å². The summed E-state index contributed by atoms with van der Waals surface area (Å²) in [5.41, 5.74) is 5.54. The van der Waals surface area contributed by atoms with Gasteiger partial charge < -0.3 is 14.8 Å². The number of nitrogens with one attached hydrogen (secondary N) is 1. The van der Waals surface area contributed by atoms with Crippen molar-refractivity contribution in [2.45, 2.75) is 20.8 Å². The van der Waals surface area contributed by atoms with Gasteiger partial charge in [0.15, 0.2) is 0 Å². The lowest BCUT2D eigenvalue weighted by molar-refractivity contribution is -0.120. The average Bonchev–Trinajstić information content (AvgIpc) is 3.05. The van der Waals surface area contributed by atoms with Crippen molar-refractivity contribution >= 4 is 28.8 Å². The lowest BCUT2D eigenvalue weighted by Crippen LogP contribution is -2.32. The van der Waals surface area contributed by atoms with Gasteiger partial charge in [-0.3, -0.25) is 9.59 Å². The Morgan fingerprint density at radius 3 is 2.12 bits per heavy atom. The molecule has 6 nitrogen and oxygen atoms in total. The molecule has 0 fully saturated rings. The van der Waals surface area contributed by atoms with Gasteiger partial charge in [-0.1, -0.05) is 35.9 Å². The molecule has 3 aromatic carbocycles. The Bertz CT molecular complexity index is 1280. The van der Waals surface area contributed by atoms with Gasteiger partial charge in [0.05, 0.1) is 25.5 Å². The van der Waals surface area contributed by atoms with Crippen LogP contribution in [0.4, 0.5) is 11.4 Å². The molecule has 0 unspecified atom stereocenters. The Labute approximate surface area is 193 Å². The van der Waals surface area contributed by atoms with Crippen molar-refractivity contribution in [3.05, 3.63) is 88.6 Å². The number of imide groups is 1. The van der Waals surface area contributed by atoms with E-state index < -0.39 is 11.8 Å². The van der Waals surface area contributed by atoms with Crippen molar-refractivity contribution < 1.29 is 19.1 Å². The summed E-state index contributed by atoms with van der Waals surface area (Å²) < 4.78 is 10.8. The number of benzene rings is 3. The van der Waals surface area contributed by atoms with Crippen molar-refractivity contribution in [1.29, 1.82) is 0 Å². The normalized spacial score (nSPS) is 13.5. The summed E-state index contributed by atoms with van der Waals surface area (Å²) in [7, 11) is 3.03. The van der Waals surface area contributed by atoms with Crippen molar-refractivity contribution in [3.63, 3.8) is 0 Å². The third-order valence-corrected chi connectivity index (χ3v) is 5.83. The molecule has 0 radical (unpaired) electrons. The highest BCUT2D eigenvalue weighted by atomic mass is 16.5. The zero-order chi connectivity index (χ0) is 23.7. The summed E-state index contributed by atoms with van der Waals surface area (Å²) in [4.78, 5) is 28.5. The van der Waals surface area contributed by atoms with Gasteiger partial charge in [0.2, 0.25) is 0 Å². The fraction of sp³-hybridized carbons (Fsp3) is 0.185. The van der Waals surface area contributed by atoms with Gasteiger partial charge in [0, 0.05) is 11.8 Å². The van der Waals surface area contributed by atoms with Crippen LogP contribution in [0.3, 0.4) is 0 Å². The van der Waals surface area contributed by atoms with E-state index in [9.17, 15) is 9.59 Å². The van der Waals surface area contributed by atoms with E-state index in [0.29, 0.717) is 28.3 Å². The predicted molar refractivity (Wildman–Crippen MR) is 130 cm³/mol. The number of ether oxygens (including phenoxy) is 2. The molecule has 2 amide bonds. The van der Waals surface area contributed by atoms with Gasteiger partial charge in [-0.25, -0.2) is 4.90 Å². The minimum atomic E-state index is -0.458. The van der Waals surface area contributed by atoms with Gasteiger partial charge in [-0.15, -0.1) is 0 Å². The molecule has 0 atom stereocenters. The Hall–Kier alpha value is -4.06. The standard InChI is InChI=1S/C27H26N2O4/c1-16-6-9-19(10-7-16)24-25(28-20-11-8-17(2)18(3)14-20)27(31)29(26(24)30)22-15-21(32-4)12-13-23(22)33-5/h6-15,28H,1-5H3. The van der Waals surface area contributed by atoms with Crippen LogP contribution in [0.5, 0.6) is 11.5 Å². The molecule has 1 N–H and O–H groups in total. The molecule has 0 bridgehead atoms. The number of amides is 2. The summed E-state index contributed by atoms with van der Waals surface area (Å²) in [6.07, 6.45) is 0. The maximum absolute atomic E-state index is 13.7. The Morgan fingerprint density at radius 1 is 0.758 bits per heavy atom. The van der Waals surface area contributed by atoms with Crippen LogP contribution in [0.25, 0.3) is 5.57 Å². The highest BCUT2D eigenvalue weighted by Crippen LogP contribution is 2.39. The Balaban J connectivity index is 1.86. The molecule has 1 aliphatic rings. The first kappa shape index (κ1) is 22.1. The topological polar surface area (TPSA) is 67.9 Å². The summed E-state index contributed by atoms with van der Waals surface area (Å²) in [6.45, 7) is 6.00. The van der Waals surface area contributed by atoms with E-state index in [2.05, 4.69) is 5.32 Å². The highest BCUT2D eigenvalue weighted by Gasteiger charge is 2.41. The summed E-state index contributed by atoms with van der Waals surface area (Å²) in [5.74, 6) is 0.0223. The van der Waals surface area contributed by atoms with Crippen LogP contribution < -0.4 is 19.7 Å². The molecule has 33 heavy (non-hydrogen) atoms. The van der Waals surface area contributed by atoms with Crippen LogP contribution >= 0.6 is 0 Å². The number of hydrogen-bond donors (Lipinski definition) is 1. The van der Waals surface area contributed by atoms with Crippen molar-refractivity contribution in [3.8, 4) is 11.5 Å². The monoisotopic (exact) mass is 442 g/mol. The average molecular weight is 443 g/mol. The van der Waals surface area contributed by atoms with Crippen molar-refractivity contribution in [2.75, 3.05) is 24.4 Å². The SMILES string of the molecule is COc1ccc(OC)c(N2C(=O)C(Nc3ccc(C)c(C)c3)=C(c3ccc(C)cc3)C2=O)c1. The highest BCUT2D eigenvalue weighted by molar-refractivity contribution is 6.46. The van der Waals surface area contributed by atoms with E-state index in [4.69, 9.17) is 9.47 Å². The van der Waals surface area contributed by atoms with Gasteiger partial charge in [0.25, 0.3) is 11.8 Å². The molecule has 0 saturated carbocycles. The fourth-order valence-electron chi connectivity index (χ4n) is 3.79. The number of methoxy groups -OCH3 is 2. The van der Waals surface area contributed by atoms with E-state index in [0.717, 1.165) is 27.3 Å². The minimum absolute atomic E-state index is 0.219. The van der Waals surface area contributed by atoms with Gasteiger partial charge in [0.1, 0.15) is 17.2 Å². The summed E-state index contributed by atoms with van der Waals surface area (Å²) in [6, 6.07) is 18.4. The lowest BCUT2D eigenvalue weighted by Gasteiger charge is -2.19. The quantitative estimate of drug-likeness (QED) is 0.543. The van der Waals surface area contributed by atoms with E-state index in [-0.39, 0.29) is 5.70 Å². The molecule has 0 aliphatic carbocycles. The first-order valence-electron chi connectivity index (χ1n) is 10.6. The molecule has 3 aromatic rings. The zero-order valence-electron chi connectivity index (χ0n) is 19.4. The largest absolute Gasteiger partial charge is 0.497 e. The smallest absolute Gasteiger partial charge is 0.282 e.